The van der Waals surface area contributed by atoms with Gasteiger partial charge in [-0.05, 0) is 30.9 Å². The summed E-state index contributed by atoms with van der Waals surface area (Å²) in [5.74, 6) is -0.222. The Kier molecular flexibility index (Phi) is 5.82. The van der Waals surface area contributed by atoms with Crippen LogP contribution in [0.3, 0.4) is 0 Å². The molecule has 1 aromatic rings. The van der Waals surface area contributed by atoms with Gasteiger partial charge in [-0.2, -0.15) is 13.2 Å². The van der Waals surface area contributed by atoms with Crippen molar-refractivity contribution in [1.82, 2.24) is 4.90 Å². The van der Waals surface area contributed by atoms with Crippen molar-refractivity contribution in [3.63, 3.8) is 0 Å². The first-order chi connectivity index (χ1) is 10.9. The van der Waals surface area contributed by atoms with Gasteiger partial charge in [0, 0.05) is 19.7 Å². The number of hydrogen-bond acceptors (Lipinski definition) is 2. The van der Waals surface area contributed by atoms with Crippen LogP contribution in [0.1, 0.15) is 28.8 Å². The molecule has 0 radical (unpaired) electrons. The molecule has 0 aromatic heterocycles. The number of benzene rings is 1. The number of amides is 1. The Labute approximate surface area is 133 Å². The molecule has 6 heteroatoms. The molecular formula is C17H20F3NO2. The molecule has 0 unspecified atom stereocenters. The molecule has 1 fully saturated rings. The van der Waals surface area contributed by atoms with Gasteiger partial charge < -0.3 is 9.64 Å². The summed E-state index contributed by atoms with van der Waals surface area (Å²) in [6, 6.07) is 4.94. The van der Waals surface area contributed by atoms with Crippen LogP contribution in [0.25, 0.3) is 0 Å². The second-order valence-corrected chi connectivity index (χ2v) is 5.61. The van der Waals surface area contributed by atoms with Crippen LogP contribution in [0.5, 0.6) is 0 Å². The van der Waals surface area contributed by atoms with E-state index in [0.717, 1.165) is 18.9 Å². The van der Waals surface area contributed by atoms with E-state index in [1.54, 1.807) is 6.08 Å². The number of carbonyl (C=O) groups is 1. The SMILES string of the molecule is C=CCOCC1CCN(C(=O)c2ccccc2C(F)(F)F)CC1. The van der Waals surface area contributed by atoms with Gasteiger partial charge in [0.1, 0.15) is 0 Å². The van der Waals surface area contributed by atoms with E-state index >= 15 is 0 Å². The fourth-order valence-corrected chi connectivity index (χ4v) is 2.71. The molecule has 1 aliphatic rings. The molecule has 3 nitrogen and oxygen atoms in total. The first kappa shape index (κ1) is 17.5. The second-order valence-electron chi connectivity index (χ2n) is 5.61. The molecular weight excluding hydrogens is 307 g/mol. The van der Waals surface area contributed by atoms with Gasteiger partial charge in [0.15, 0.2) is 0 Å². The predicted molar refractivity (Wildman–Crippen MR) is 81.1 cm³/mol. The molecule has 23 heavy (non-hydrogen) atoms. The van der Waals surface area contributed by atoms with Crippen molar-refractivity contribution < 1.29 is 22.7 Å². The van der Waals surface area contributed by atoms with Crippen LogP contribution in [0.4, 0.5) is 13.2 Å². The summed E-state index contributed by atoms with van der Waals surface area (Å²) in [5.41, 5.74) is -1.15. The Morgan fingerprint density at radius 1 is 1.30 bits per heavy atom. The van der Waals surface area contributed by atoms with Gasteiger partial charge in [-0.1, -0.05) is 18.2 Å². The zero-order valence-corrected chi connectivity index (χ0v) is 12.8. The summed E-state index contributed by atoms with van der Waals surface area (Å²) >= 11 is 0. The highest BCUT2D eigenvalue weighted by Gasteiger charge is 2.36. The predicted octanol–water partition coefficient (Wildman–Crippen LogP) is 3.76. The third-order valence-corrected chi connectivity index (χ3v) is 3.95. The standard InChI is InChI=1S/C17H20F3NO2/c1-2-11-23-12-13-7-9-21(10-8-13)16(22)14-5-3-4-6-15(14)17(18,19)20/h2-6,13H,1,7-12H2. The van der Waals surface area contributed by atoms with Crippen LogP contribution in [-0.4, -0.2) is 37.1 Å². The van der Waals surface area contributed by atoms with Crippen molar-refractivity contribution in [1.29, 1.82) is 0 Å². The molecule has 0 spiro atoms. The quantitative estimate of drug-likeness (QED) is 0.609. The van der Waals surface area contributed by atoms with Crippen molar-refractivity contribution in [2.24, 2.45) is 5.92 Å². The van der Waals surface area contributed by atoms with Crippen LogP contribution in [0.2, 0.25) is 0 Å². The van der Waals surface area contributed by atoms with E-state index < -0.39 is 17.6 Å². The van der Waals surface area contributed by atoms with Crippen LogP contribution in [0.15, 0.2) is 36.9 Å². The van der Waals surface area contributed by atoms with Crippen LogP contribution < -0.4 is 0 Å². The van der Waals surface area contributed by atoms with Crippen molar-refractivity contribution in [3.8, 4) is 0 Å². The smallest absolute Gasteiger partial charge is 0.377 e. The lowest BCUT2D eigenvalue weighted by Crippen LogP contribution is -2.40. The number of nitrogens with zero attached hydrogens (tertiary/aromatic N) is 1. The van der Waals surface area contributed by atoms with Gasteiger partial charge in [0.2, 0.25) is 0 Å². The van der Waals surface area contributed by atoms with Crippen LogP contribution in [0, 0.1) is 5.92 Å². The number of carbonyl (C=O) groups excluding carboxylic acids is 1. The van der Waals surface area contributed by atoms with Crippen molar-refractivity contribution in [2.45, 2.75) is 19.0 Å². The third kappa shape index (κ3) is 4.58. The summed E-state index contributed by atoms with van der Waals surface area (Å²) in [6.07, 6.45) is -1.38. The minimum atomic E-state index is -4.52. The lowest BCUT2D eigenvalue weighted by molar-refractivity contribution is -0.138. The third-order valence-electron chi connectivity index (χ3n) is 3.95. The molecule has 0 aliphatic carbocycles. The lowest BCUT2D eigenvalue weighted by atomic mass is 9.96. The van der Waals surface area contributed by atoms with E-state index in [9.17, 15) is 18.0 Å². The molecule has 1 saturated heterocycles. The maximum atomic E-state index is 13.0. The first-order valence-electron chi connectivity index (χ1n) is 7.57. The topological polar surface area (TPSA) is 29.5 Å². The van der Waals surface area contributed by atoms with Gasteiger partial charge in [0.05, 0.1) is 17.7 Å². The molecule has 1 aliphatic heterocycles. The van der Waals surface area contributed by atoms with E-state index in [0.29, 0.717) is 32.2 Å². The van der Waals surface area contributed by atoms with E-state index in [1.165, 1.54) is 23.1 Å². The summed E-state index contributed by atoms with van der Waals surface area (Å²) in [4.78, 5) is 13.9. The minimum Gasteiger partial charge on any atom is -0.377 e. The normalized spacial score (nSPS) is 16.4. The number of piperidine rings is 1. The fraction of sp³-hybridized carbons (Fsp3) is 0.471. The van der Waals surface area contributed by atoms with Crippen molar-refractivity contribution >= 4 is 5.91 Å². The number of alkyl halides is 3. The molecule has 2 rings (SSSR count). The van der Waals surface area contributed by atoms with E-state index in [1.807, 2.05) is 0 Å². The van der Waals surface area contributed by atoms with Gasteiger partial charge in [-0.15, -0.1) is 6.58 Å². The Bertz CT molecular complexity index is 549. The van der Waals surface area contributed by atoms with Gasteiger partial charge in [0.25, 0.3) is 5.91 Å². The molecule has 1 aromatic carbocycles. The Hall–Kier alpha value is -1.82. The Balaban J connectivity index is 1.99. The zero-order valence-electron chi connectivity index (χ0n) is 12.8. The van der Waals surface area contributed by atoms with Gasteiger partial charge in [-0.3, -0.25) is 4.79 Å². The highest BCUT2D eigenvalue weighted by Crippen LogP contribution is 2.33. The fourth-order valence-electron chi connectivity index (χ4n) is 2.71. The zero-order chi connectivity index (χ0) is 16.9. The maximum absolute atomic E-state index is 13.0. The minimum absolute atomic E-state index is 0.277. The molecule has 0 bridgehead atoms. The summed E-state index contributed by atoms with van der Waals surface area (Å²) < 4.78 is 44.4. The van der Waals surface area contributed by atoms with Gasteiger partial charge >= 0.3 is 6.18 Å². The molecule has 1 amide bonds. The second kappa shape index (κ2) is 7.64. The largest absolute Gasteiger partial charge is 0.417 e. The molecule has 0 N–H and O–H groups in total. The Morgan fingerprint density at radius 3 is 2.57 bits per heavy atom. The van der Waals surface area contributed by atoms with E-state index in [4.69, 9.17) is 4.74 Å². The average Bonchev–Trinajstić information content (AvgIpc) is 2.54. The van der Waals surface area contributed by atoms with Crippen LogP contribution >= 0.6 is 0 Å². The molecule has 1 heterocycles. The number of ether oxygens (including phenoxy) is 1. The number of hydrogen-bond donors (Lipinski definition) is 0. The molecule has 0 saturated carbocycles. The van der Waals surface area contributed by atoms with Crippen molar-refractivity contribution in [3.05, 3.63) is 48.0 Å². The molecule has 126 valence electrons. The highest BCUT2D eigenvalue weighted by molar-refractivity contribution is 5.96. The summed E-state index contributed by atoms with van der Waals surface area (Å²) in [7, 11) is 0. The number of halogens is 3. The van der Waals surface area contributed by atoms with Crippen LogP contribution in [-0.2, 0) is 10.9 Å². The van der Waals surface area contributed by atoms with Gasteiger partial charge in [-0.25, -0.2) is 0 Å². The van der Waals surface area contributed by atoms with E-state index in [2.05, 4.69) is 6.58 Å². The lowest BCUT2D eigenvalue weighted by Gasteiger charge is -2.32. The Morgan fingerprint density at radius 2 is 1.96 bits per heavy atom. The number of rotatable bonds is 5. The first-order valence-corrected chi connectivity index (χ1v) is 7.57. The summed E-state index contributed by atoms with van der Waals surface area (Å²) in [6.45, 7) is 5.55. The van der Waals surface area contributed by atoms with Crippen molar-refractivity contribution in [2.75, 3.05) is 26.3 Å². The maximum Gasteiger partial charge on any atom is 0.417 e. The van der Waals surface area contributed by atoms with E-state index in [-0.39, 0.29) is 5.56 Å². The number of likely N-dealkylation sites (tertiary alicyclic amines) is 1. The molecule has 0 atom stereocenters. The monoisotopic (exact) mass is 327 g/mol. The summed E-state index contributed by atoms with van der Waals surface area (Å²) in [5, 5.41) is 0. The highest BCUT2D eigenvalue weighted by atomic mass is 19.4. The average molecular weight is 327 g/mol.